The van der Waals surface area contributed by atoms with Gasteiger partial charge in [-0.3, -0.25) is 4.79 Å². The first-order valence-electron chi connectivity index (χ1n) is 8.45. The van der Waals surface area contributed by atoms with E-state index in [0.29, 0.717) is 6.04 Å². The van der Waals surface area contributed by atoms with Gasteiger partial charge in [0.1, 0.15) is 0 Å². The summed E-state index contributed by atoms with van der Waals surface area (Å²) in [6.07, 6.45) is 1.97. The second-order valence-electron chi connectivity index (χ2n) is 6.65. The molecule has 6 heteroatoms. The zero-order valence-electron chi connectivity index (χ0n) is 14.8. The third kappa shape index (κ3) is 4.46. The summed E-state index contributed by atoms with van der Waals surface area (Å²) >= 11 is 3.47. The number of benzene rings is 1. The highest BCUT2D eigenvalue weighted by atomic mass is 79.9. The minimum absolute atomic E-state index is 0. The fraction of sp³-hybridized carbons (Fsp3) is 0.421. The van der Waals surface area contributed by atoms with Crippen molar-refractivity contribution in [3.05, 3.63) is 51.8 Å². The maximum atomic E-state index is 12.7. The summed E-state index contributed by atoms with van der Waals surface area (Å²) in [6, 6.07) is 10.8. The van der Waals surface area contributed by atoms with Crippen LogP contribution in [-0.4, -0.2) is 29.1 Å². The summed E-state index contributed by atoms with van der Waals surface area (Å²) in [5.41, 5.74) is 3.89. The Hall–Kier alpha value is -1.30. The van der Waals surface area contributed by atoms with Gasteiger partial charge in [0.2, 0.25) is 0 Å². The molecule has 3 rings (SSSR count). The number of halogens is 2. The maximum absolute atomic E-state index is 12.7. The van der Waals surface area contributed by atoms with Crippen LogP contribution in [0.15, 0.2) is 34.8 Å². The van der Waals surface area contributed by atoms with Crippen LogP contribution in [0.3, 0.4) is 0 Å². The molecule has 0 bridgehead atoms. The molecular weight excluding hydrogens is 402 g/mol. The van der Waals surface area contributed by atoms with Crippen LogP contribution in [0.5, 0.6) is 0 Å². The number of carbonyl (C=O) groups is 1. The molecule has 1 fully saturated rings. The number of carbonyl (C=O) groups excluding carboxylic acids is 1. The summed E-state index contributed by atoms with van der Waals surface area (Å²) in [5, 5.41) is 6.62. The molecule has 2 aromatic rings. The van der Waals surface area contributed by atoms with Crippen molar-refractivity contribution in [2.45, 2.75) is 45.7 Å². The standard InChI is InChI=1S/C19H24BrN3O.ClH/c1-12-10-16(8-9-21-12)22-19(24)18-11-13(2)23(14(18)3)17-6-4-15(20)5-7-17;/h4-7,11-12,16,21H,8-10H2,1-3H3,(H,22,24);1H. The molecule has 2 heterocycles. The van der Waals surface area contributed by atoms with Gasteiger partial charge >= 0.3 is 0 Å². The first kappa shape index (κ1) is 20.0. The third-order valence-corrected chi connectivity index (χ3v) is 5.25. The lowest BCUT2D eigenvalue weighted by atomic mass is 10.0. The fourth-order valence-electron chi connectivity index (χ4n) is 3.51. The van der Waals surface area contributed by atoms with Gasteiger partial charge in [-0.05, 0) is 70.5 Å². The summed E-state index contributed by atoms with van der Waals surface area (Å²) < 4.78 is 3.18. The van der Waals surface area contributed by atoms with E-state index in [2.05, 4.69) is 50.2 Å². The predicted molar refractivity (Wildman–Crippen MR) is 108 cm³/mol. The van der Waals surface area contributed by atoms with Crippen molar-refractivity contribution >= 4 is 34.2 Å². The molecule has 1 aromatic heterocycles. The lowest BCUT2D eigenvalue weighted by Gasteiger charge is -2.28. The van der Waals surface area contributed by atoms with Gasteiger partial charge in [-0.25, -0.2) is 0 Å². The van der Waals surface area contributed by atoms with Crippen LogP contribution in [0.25, 0.3) is 5.69 Å². The topological polar surface area (TPSA) is 46.1 Å². The SMILES string of the molecule is Cc1cc(C(=O)NC2CCNC(C)C2)c(C)n1-c1ccc(Br)cc1.Cl. The Morgan fingerprint density at radius 1 is 1.28 bits per heavy atom. The summed E-state index contributed by atoms with van der Waals surface area (Å²) in [6.45, 7) is 7.18. The number of amides is 1. The summed E-state index contributed by atoms with van der Waals surface area (Å²) in [7, 11) is 0. The van der Waals surface area contributed by atoms with Crippen LogP contribution in [0.2, 0.25) is 0 Å². The molecule has 2 unspecified atom stereocenters. The molecule has 0 radical (unpaired) electrons. The average molecular weight is 427 g/mol. The Labute approximate surface area is 163 Å². The quantitative estimate of drug-likeness (QED) is 0.774. The Kier molecular flexibility index (Phi) is 6.72. The lowest BCUT2D eigenvalue weighted by molar-refractivity contribution is 0.0925. The van der Waals surface area contributed by atoms with Crippen LogP contribution < -0.4 is 10.6 Å². The van der Waals surface area contributed by atoms with Crippen molar-refractivity contribution in [3.63, 3.8) is 0 Å². The van der Waals surface area contributed by atoms with Crippen molar-refractivity contribution in [1.29, 1.82) is 0 Å². The minimum atomic E-state index is 0. The number of rotatable bonds is 3. The van der Waals surface area contributed by atoms with E-state index in [1.54, 1.807) is 0 Å². The number of nitrogens with zero attached hydrogens (tertiary/aromatic N) is 1. The van der Waals surface area contributed by atoms with E-state index in [1.807, 2.05) is 32.0 Å². The van der Waals surface area contributed by atoms with E-state index in [9.17, 15) is 4.79 Å². The number of hydrogen-bond donors (Lipinski definition) is 2. The van der Waals surface area contributed by atoms with E-state index >= 15 is 0 Å². The first-order valence-corrected chi connectivity index (χ1v) is 9.24. The highest BCUT2D eigenvalue weighted by Gasteiger charge is 2.23. The van der Waals surface area contributed by atoms with Gasteiger partial charge in [0.25, 0.3) is 5.91 Å². The number of aromatic nitrogens is 1. The van der Waals surface area contributed by atoms with Gasteiger partial charge in [0, 0.05) is 33.6 Å². The molecule has 1 aliphatic rings. The molecule has 1 saturated heterocycles. The summed E-state index contributed by atoms with van der Waals surface area (Å²) in [4.78, 5) is 12.7. The van der Waals surface area contributed by atoms with Crippen molar-refractivity contribution in [3.8, 4) is 5.69 Å². The van der Waals surface area contributed by atoms with E-state index in [-0.39, 0.29) is 24.4 Å². The van der Waals surface area contributed by atoms with Gasteiger partial charge in [-0.1, -0.05) is 15.9 Å². The van der Waals surface area contributed by atoms with Gasteiger partial charge in [0.15, 0.2) is 0 Å². The van der Waals surface area contributed by atoms with Crippen LogP contribution in [0, 0.1) is 13.8 Å². The third-order valence-electron chi connectivity index (χ3n) is 4.72. The van der Waals surface area contributed by atoms with E-state index in [4.69, 9.17) is 0 Å². The zero-order valence-corrected chi connectivity index (χ0v) is 17.2. The van der Waals surface area contributed by atoms with Crippen LogP contribution in [0.1, 0.15) is 41.5 Å². The smallest absolute Gasteiger partial charge is 0.253 e. The number of piperidine rings is 1. The Morgan fingerprint density at radius 3 is 2.60 bits per heavy atom. The molecule has 1 aromatic carbocycles. The predicted octanol–water partition coefficient (Wildman–Crippen LogP) is 4.15. The highest BCUT2D eigenvalue weighted by Crippen LogP contribution is 2.23. The molecular formula is C19H25BrClN3O. The number of hydrogen-bond acceptors (Lipinski definition) is 2. The van der Waals surface area contributed by atoms with Gasteiger partial charge in [0.05, 0.1) is 5.56 Å². The van der Waals surface area contributed by atoms with E-state index in [0.717, 1.165) is 46.5 Å². The molecule has 0 saturated carbocycles. The molecule has 0 aliphatic carbocycles. The van der Waals surface area contributed by atoms with Gasteiger partial charge in [-0.15, -0.1) is 12.4 Å². The largest absolute Gasteiger partial charge is 0.349 e. The Balaban J connectivity index is 0.00000225. The molecule has 2 atom stereocenters. The Bertz CT molecular complexity index is 742. The monoisotopic (exact) mass is 425 g/mol. The van der Waals surface area contributed by atoms with Crippen molar-refractivity contribution in [2.24, 2.45) is 0 Å². The molecule has 4 nitrogen and oxygen atoms in total. The molecule has 2 N–H and O–H groups in total. The molecule has 136 valence electrons. The van der Waals surface area contributed by atoms with Crippen molar-refractivity contribution in [2.75, 3.05) is 6.54 Å². The van der Waals surface area contributed by atoms with Crippen LogP contribution in [0.4, 0.5) is 0 Å². The number of aryl methyl sites for hydroxylation is 1. The van der Waals surface area contributed by atoms with E-state index < -0.39 is 0 Å². The Morgan fingerprint density at radius 2 is 1.96 bits per heavy atom. The summed E-state index contributed by atoms with van der Waals surface area (Å²) in [5.74, 6) is 0.0329. The first-order chi connectivity index (χ1) is 11.5. The van der Waals surface area contributed by atoms with Gasteiger partial charge < -0.3 is 15.2 Å². The highest BCUT2D eigenvalue weighted by molar-refractivity contribution is 9.10. The van der Waals surface area contributed by atoms with Crippen molar-refractivity contribution < 1.29 is 4.79 Å². The molecule has 25 heavy (non-hydrogen) atoms. The molecule has 1 aliphatic heterocycles. The zero-order chi connectivity index (χ0) is 17.3. The van der Waals surface area contributed by atoms with Gasteiger partial charge in [-0.2, -0.15) is 0 Å². The molecule has 0 spiro atoms. The molecule has 1 amide bonds. The number of nitrogens with one attached hydrogen (secondary N) is 2. The maximum Gasteiger partial charge on any atom is 0.253 e. The van der Waals surface area contributed by atoms with E-state index in [1.165, 1.54) is 0 Å². The van der Waals surface area contributed by atoms with Crippen LogP contribution >= 0.6 is 28.3 Å². The lowest BCUT2D eigenvalue weighted by Crippen LogP contribution is -2.46. The normalized spacial score (nSPS) is 20.0. The minimum Gasteiger partial charge on any atom is -0.349 e. The second-order valence-corrected chi connectivity index (χ2v) is 7.56. The van der Waals surface area contributed by atoms with Crippen molar-refractivity contribution in [1.82, 2.24) is 15.2 Å². The second kappa shape index (κ2) is 8.39. The average Bonchev–Trinajstić information content (AvgIpc) is 2.83. The fourth-order valence-corrected chi connectivity index (χ4v) is 3.77. The van der Waals surface area contributed by atoms with Crippen LogP contribution in [-0.2, 0) is 0 Å².